The van der Waals surface area contributed by atoms with Crippen molar-refractivity contribution in [3.05, 3.63) is 102 Å². The van der Waals surface area contributed by atoms with Crippen molar-refractivity contribution in [2.45, 2.75) is 24.1 Å². The zero-order valence-corrected chi connectivity index (χ0v) is 17.6. The number of amides is 1. The fourth-order valence-electron chi connectivity index (χ4n) is 3.51. The molecule has 0 aliphatic rings. The normalized spacial score (nSPS) is 11.0. The smallest absolute Gasteiger partial charge is 0.251 e. The molecule has 30 heavy (non-hydrogen) atoms. The second-order valence-electron chi connectivity index (χ2n) is 7.19. The van der Waals surface area contributed by atoms with Crippen molar-refractivity contribution in [3.63, 3.8) is 0 Å². The Bertz CT molecular complexity index is 1180. The number of aryl methyl sites for hydroxylation is 1. The van der Waals surface area contributed by atoms with Crippen LogP contribution in [0.2, 0.25) is 0 Å². The van der Waals surface area contributed by atoms with Gasteiger partial charge in [-0.2, -0.15) is 0 Å². The number of aromatic nitrogens is 1. The first-order chi connectivity index (χ1) is 14.6. The molecule has 0 aliphatic heterocycles. The molecule has 3 aromatic carbocycles. The average Bonchev–Trinajstić information content (AvgIpc) is 3.10. The minimum absolute atomic E-state index is 0.0507. The molecule has 0 bridgehead atoms. The lowest BCUT2D eigenvalue weighted by Crippen LogP contribution is -2.27. The summed E-state index contributed by atoms with van der Waals surface area (Å²) in [4.78, 5) is 13.6. The Morgan fingerprint density at radius 3 is 2.67 bits per heavy atom. The summed E-state index contributed by atoms with van der Waals surface area (Å²) in [6.45, 7) is 3.16. The van der Waals surface area contributed by atoms with E-state index >= 15 is 0 Å². The van der Waals surface area contributed by atoms with Gasteiger partial charge in [-0.05, 0) is 42.3 Å². The lowest BCUT2D eigenvalue weighted by atomic mass is 10.1. The van der Waals surface area contributed by atoms with Gasteiger partial charge in [-0.25, -0.2) is 4.39 Å². The SMILES string of the molecule is Cc1ccccc1C(=O)NCCn1cc(SCc2cccc(F)c2)c2ccccc21. The summed E-state index contributed by atoms with van der Waals surface area (Å²) in [6, 6.07) is 22.6. The highest BCUT2D eigenvalue weighted by atomic mass is 32.2. The van der Waals surface area contributed by atoms with E-state index in [-0.39, 0.29) is 11.7 Å². The monoisotopic (exact) mass is 418 g/mol. The van der Waals surface area contributed by atoms with Crippen LogP contribution in [0.4, 0.5) is 4.39 Å². The van der Waals surface area contributed by atoms with E-state index < -0.39 is 0 Å². The first-order valence-corrected chi connectivity index (χ1v) is 10.9. The van der Waals surface area contributed by atoms with E-state index in [1.807, 2.05) is 49.4 Å². The van der Waals surface area contributed by atoms with Gasteiger partial charge in [-0.1, -0.05) is 48.5 Å². The van der Waals surface area contributed by atoms with Crippen molar-refractivity contribution in [1.82, 2.24) is 9.88 Å². The predicted molar refractivity (Wildman–Crippen MR) is 121 cm³/mol. The number of thioether (sulfide) groups is 1. The average molecular weight is 419 g/mol. The van der Waals surface area contributed by atoms with Crippen LogP contribution in [0.1, 0.15) is 21.5 Å². The summed E-state index contributed by atoms with van der Waals surface area (Å²) in [5, 5.41) is 4.19. The maximum Gasteiger partial charge on any atom is 0.251 e. The number of nitrogens with zero attached hydrogens (tertiary/aromatic N) is 1. The Kier molecular flexibility index (Phi) is 6.19. The number of hydrogen-bond donors (Lipinski definition) is 1. The molecule has 0 radical (unpaired) electrons. The molecule has 1 heterocycles. The third kappa shape index (κ3) is 4.57. The third-order valence-corrected chi connectivity index (χ3v) is 6.18. The van der Waals surface area contributed by atoms with Gasteiger partial charge in [0.2, 0.25) is 0 Å². The first kappa shape index (κ1) is 20.2. The second kappa shape index (κ2) is 9.18. The highest BCUT2D eigenvalue weighted by Gasteiger charge is 2.11. The van der Waals surface area contributed by atoms with Gasteiger partial charge in [0.1, 0.15) is 5.82 Å². The maximum absolute atomic E-state index is 13.5. The molecule has 5 heteroatoms. The highest BCUT2D eigenvalue weighted by Crippen LogP contribution is 2.32. The van der Waals surface area contributed by atoms with Crippen molar-refractivity contribution >= 4 is 28.6 Å². The molecule has 152 valence electrons. The van der Waals surface area contributed by atoms with Crippen molar-refractivity contribution in [2.24, 2.45) is 0 Å². The van der Waals surface area contributed by atoms with E-state index in [9.17, 15) is 9.18 Å². The summed E-state index contributed by atoms with van der Waals surface area (Å²) in [7, 11) is 0. The van der Waals surface area contributed by atoms with Crippen LogP contribution < -0.4 is 5.32 Å². The van der Waals surface area contributed by atoms with Crippen LogP contribution in [0.3, 0.4) is 0 Å². The standard InChI is InChI=1S/C25H23FN2OS/c1-18-7-2-3-10-21(18)25(29)27-13-14-28-16-24(22-11-4-5-12-23(22)28)30-17-19-8-6-9-20(26)15-19/h2-12,15-16H,13-14,17H2,1H3,(H,27,29). The third-order valence-electron chi connectivity index (χ3n) is 5.06. The minimum atomic E-state index is -0.208. The number of halogens is 1. The summed E-state index contributed by atoms with van der Waals surface area (Å²) in [5.74, 6) is 0.445. The molecule has 3 nitrogen and oxygen atoms in total. The van der Waals surface area contributed by atoms with Gasteiger partial charge in [0.15, 0.2) is 0 Å². The number of rotatable bonds is 7. The zero-order valence-electron chi connectivity index (χ0n) is 16.8. The summed E-state index contributed by atoms with van der Waals surface area (Å²) < 4.78 is 15.6. The van der Waals surface area contributed by atoms with Crippen LogP contribution in [0.25, 0.3) is 10.9 Å². The molecule has 0 aliphatic carbocycles. The van der Waals surface area contributed by atoms with E-state index in [1.54, 1.807) is 23.9 Å². The van der Waals surface area contributed by atoms with E-state index in [1.165, 1.54) is 11.5 Å². The van der Waals surface area contributed by atoms with Crippen LogP contribution in [-0.4, -0.2) is 17.0 Å². The van der Waals surface area contributed by atoms with Gasteiger partial charge in [-0.15, -0.1) is 11.8 Å². The number of fused-ring (bicyclic) bond motifs is 1. The van der Waals surface area contributed by atoms with Crippen LogP contribution >= 0.6 is 11.8 Å². The molecule has 0 fully saturated rings. The molecule has 0 atom stereocenters. The fourth-order valence-corrected chi connectivity index (χ4v) is 4.55. The maximum atomic E-state index is 13.5. The van der Waals surface area contributed by atoms with Crippen molar-refractivity contribution in [3.8, 4) is 0 Å². The molecule has 0 saturated carbocycles. The Balaban J connectivity index is 1.45. The molecule has 1 amide bonds. The van der Waals surface area contributed by atoms with Gasteiger partial charge in [0.25, 0.3) is 5.91 Å². The van der Waals surface area contributed by atoms with Gasteiger partial charge < -0.3 is 9.88 Å². The summed E-state index contributed by atoms with van der Waals surface area (Å²) in [5.41, 5.74) is 3.77. The molecule has 1 aromatic heterocycles. The highest BCUT2D eigenvalue weighted by molar-refractivity contribution is 7.98. The van der Waals surface area contributed by atoms with Gasteiger partial charge in [0, 0.05) is 46.4 Å². The van der Waals surface area contributed by atoms with Crippen molar-refractivity contribution in [1.29, 1.82) is 0 Å². The predicted octanol–water partition coefficient (Wildman–Crippen LogP) is 5.81. The van der Waals surface area contributed by atoms with Crippen LogP contribution in [-0.2, 0) is 12.3 Å². The number of carbonyl (C=O) groups is 1. The molecule has 0 saturated heterocycles. The summed E-state index contributed by atoms with van der Waals surface area (Å²) >= 11 is 1.70. The molecule has 4 aromatic rings. The molecular weight excluding hydrogens is 395 g/mol. The minimum Gasteiger partial charge on any atom is -0.350 e. The lowest BCUT2D eigenvalue weighted by Gasteiger charge is -2.09. The van der Waals surface area contributed by atoms with E-state index in [2.05, 4.69) is 28.2 Å². The van der Waals surface area contributed by atoms with Crippen LogP contribution in [0.15, 0.2) is 83.9 Å². The van der Waals surface area contributed by atoms with E-state index in [0.29, 0.717) is 24.4 Å². The lowest BCUT2D eigenvalue weighted by molar-refractivity contribution is 0.0952. The molecule has 0 unspecified atom stereocenters. The molecule has 0 spiro atoms. The number of carbonyl (C=O) groups excluding carboxylic acids is 1. The summed E-state index contributed by atoms with van der Waals surface area (Å²) in [6.07, 6.45) is 2.12. The fraction of sp³-hybridized carbons (Fsp3) is 0.160. The molecule has 4 rings (SSSR count). The Morgan fingerprint density at radius 2 is 1.83 bits per heavy atom. The van der Waals surface area contributed by atoms with Crippen molar-refractivity contribution < 1.29 is 9.18 Å². The Labute approximate surface area is 179 Å². The molecule has 1 N–H and O–H groups in total. The van der Waals surface area contributed by atoms with Gasteiger partial charge in [-0.3, -0.25) is 4.79 Å². The van der Waals surface area contributed by atoms with Gasteiger partial charge >= 0.3 is 0 Å². The first-order valence-electron chi connectivity index (χ1n) is 9.91. The van der Waals surface area contributed by atoms with Crippen LogP contribution in [0.5, 0.6) is 0 Å². The number of benzene rings is 3. The van der Waals surface area contributed by atoms with E-state index in [4.69, 9.17) is 0 Å². The quantitative estimate of drug-likeness (QED) is 0.384. The largest absolute Gasteiger partial charge is 0.350 e. The number of nitrogens with one attached hydrogen (secondary N) is 1. The van der Waals surface area contributed by atoms with E-state index in [0.717, 1.165) is 21.5 Å². The van der Waals surface area contributed by atoms with Crippen LogP contribution in [0, 0.1) is 12.7 Å². The zero-order chi connectivity index (χ0) is 20.9. The Hall–Kier alpha value is -3.05. The molecular formula is C25H23FN2OS. The van der Waals surface area contributed by atoms with Gasteiger partial charge in [0.05, 0.1) is 0 Å². The number of para-hydroxylation sites is 1. The van der Waals surface area contributed by atoms with Crippen molar-refractivity contribution in [2.75, 3.05) is 6.54 Å². The second-order valence-corrected chi connectivity index (χ2v) is 8.21. The topological polar surface area (TPSA) is 34.0 Å². The number of hydrogen-bond acceptors (Lipinski definition) is 2. The Morgan fingerprint density at radius 1 is 1.03 bits per heavy atom.